The Morgan fingerprint density at radius 3 is 1.59 bits per heavy atom. The lowest BCUT2D eigenvalue weighted by Gasteiger charge is -2.06. The van der Waals surface area contributed by atoms with Crippen molar-refractivity contribution in [1.29, 1.82) is 0 Å². The number of benzene rings is 2. The number of rotatable bonds is 7. The van der Waals surface area contributed by atoms with Gasteiger partial charge in [-0.25, -0.2) is 4.39 Å². The van der Waals surface area contributed by atoms with E-state index in [4.69, 9.17) is 26.4 Å². The van der Waals surface area contributed by atoms with E-state index in [1.807, 2.05) is 12.1 Å². The topological polar surface area (TPSA) is 136 Å². The van der Waals surface area contributed by atoms with Gasteiger partial charge < -0.3 is 26.4 Å². The van der Waals surface area contributed by atoms with E-state index >= 15 is 0 Å². The summed E-state index contributed by atoms with van der Waals surface area (Å²) >= 11 is 0. The van der Waals surface area contributed by atoms with Crippen LogP contribution in [0, 0.1) is 5.82 Å². The number of carboxylic acids is 2. The maximum Gasteiger partial charge on any atom is 0.320 e. The average Bonchev–Trinajstić information content (AvgIpc) is 2.64. The molecule has 0 fully saturated rings. The molecule has 0 saturated heterocycles. The molecule has 2 aromatic rings. The van der Waals surface area contributed by atoms with Gasteiger partial charge in [-0.2, -0.15) is 0 Å². The first-order chi connectivity index (χ1) is 12.7. The number of hydrogen-bond donors (Lipinski definition) is 4. The minimum Gasteiger partial charge on any atom is -0.497 e. The summed E-state index contributed by atoms with van der Waals surface area (Å²) in [4.78, 5) is 20.8. The van der Waals surface area contributed by atoms with Crippen LogP contribution in [0.4, 0.5) is 4.39 Å². The molecule has 0 aliphatic heterocycles. The van der Waals surface area contributed by atoms with Crippen molar-refractivity contribution >= 4 is 11.9 Å². The van der Waals surface area contributed by atoms with E-state index in [0.29, 0.717) is 6.42 Å². The van der Waals surface area contributed by atoms with Crippen LogP contribution in [0.15, 0.2) is 48.5 Å². The molecule has 2 rings (SSSR count). The van der Waals surface area contributed by atoms with E-state index in [-0.39, 0.29) is 12.2 Å². The lowest BCUT2D eigenvalue weighted by molar-refractivity contribution is -0.139. The van der Waals surface area contributed by atoms with Crippen LogP contribution in [0.25, 0.3) is 0 Å². The number of ether oxygens (including phenoxy) is 1. The Kier molecular flexibility index (Phi) is 8.91. The zero-order valence-electron chi connectivity index (χ0n) is 14.8. The van der Waals surface area contributed by atoms with Gasteiger partial charge in [-0.15, -0.1) is 0 Å². The summed E-state index contributed by atoms with van der Waals surface area (Å²) in [5, 5.41) is 17.1. The Morgan fingerprint density at radius 1 is 0.889 bits per heavy atom. The second-order valence-electron chi connectivity index (χ2n) is 5.77. The summed E-state index contributed by atoms with van der Waals surface area (Å²) in [6.07, 6.45) is 0.551. The first kappa shape index (κ1) is 22.1. The fourth-order valence-electron chi connectivity index (χ4n) is 2.06. The number of carboxylic acid groups (broad SMARTS) is 2. The molecule has 0 unspecified atom stereocenters. The second-order valence-corrected chi connectivity index (χ2v) is 5.77. The molecule has 0 aliphatic carbocycles. The number of halogens is 1. The lowest BCUT2D eigenvalue weighted by atomic mass is 10.1. The van der Waals surface area contributed by atoms with Crippen molar-refractivity contribution < 1.29 is 28.9 Å². The summed E-state index contributed by atoms with van der Waals surface area (Å²) in [6, 6.07) is 11.0. The summed E-state index contributed by atoms with van der Waals surface area (Å²) < 4.78 is 17.4. The van der Waals surface area contributed by atoms with Crippen LogP contribution in [0.1, 0.15) is 11.1 Å². The van der Waals surface area contributed by atoms with E-state index in [9.17, 15) is 14.0 Å². The molecule has 0 saturated carbocycles. The van der Waals surface area contributed by atoms with Gasteiger partial charge in [-0.1, -0.05) is 24.3 Å². The van der Waals surface area contributed by atoms with Crippen LogP contribution < -0.4 is 16.2 Å². The van der Waals surface area contributed by atoms with E-state index < -0.39 is 24.0 Å². The van der Waals surface area contributed by atoms with Crippen molar-refractivity contribution in [3.63, 3.8) is 0 Å². The molecule has 0 spiro atoms. The van der Waals surface area contributed by atoms with Crippen molar-refractivity contribution in [2.24, 2.45) is 11.5 Å². The third-order valence-electron chi connectivity index (χ3n) is 3.62. The van der Waals surface area contributed by atoms with Gasteiger partial charge in [0.25, 0.3) is 0 Å². The van der Waals surface area contributed by atoms with Gasteiger partial charge in [0.1, 0.15) is 23.7 Å². The maximum absolute atomic E-state index is 12.4. The predicted octanol–water partition coefficient (Wildman–Crippen LogP) is 1.43. The maximum atomic E-state index is 12.4. The van der Waals surface area contributed by atoms with Gasteiger partial charge in [0.2, 0.25) is 0 Å². The molecule has 0 radical (unpaired) electrons. The average molecular weight is 378 g/mol. The highest BCUT2D eigenvalue weighted by Crippen LogP contribution is 2.12. The van der Waals surface area contributed by atoms with Gasteiger partial charge in [0, 0.05) is 0 Å². The van der Waals surface area contributed by atoms with E-state index in [2.05, 4.69) is 0 Å². The monoisotopic (exact) mass is 378 g/mol. The van der Waals surface area contributed by atoms with Crippen LogP contribution >= 0.6 is 0 Å². The van der Waals surface area contributed by atoms with Gasteiger partial charge in [0.05, 0.1) is 7.11 Å². The van der Waals surface area contributed by atoms with Gasteiger partial charge >= 0.3 is 11.9 Å². The molecule has 27 heavy (non-hydrogen) atoms. The van der Waals surface area contributed by atoms with E-state index in [1.54, 1.807) is 19.2 Å². The van der Waals surface area contributed by atoms with Crippen molar-refractivity contribution in [2.75, 3.05) is 7.11 Å². The molecule has 0 aromatic heterocycles. The normalized spacial score (nSPS) is 12.3. The smallest absolute Gasteiger partial charge is 0.320 e. The molecular weight excluding hydrogens is 355 g/mol. The lowest BCUT2D eigenvalue weighted by Crippen LogP contribution is -2.32. The summed E-state index contributed by atoms with van der Waals surface area (Å²) in [6.45, 7) is 0. The molecule has 2 atom stereocenters. The van der Waals surface area contributed by atoms with Crippen molar-refractivity contribution in [3.8, 4) is 5.75 Å². The van der Waals surface area contributed by atoms with Crippen molar-refractivity contribution in [1.82, 2.24) is 0 Å². The summed E-state index contributed by atoms with van der Waals surface area (Å²) in [5.41, 5.74) is 12.3. The van der Waals surface area contributed by atoms with Crippen LogP contribution in [-0.4, -0.2) is 41.3 Å². The molecule has 0 bridgehead atoms. The first-order valence-electron chi connectivity index (χ1n) is 8.07. The summed E-state index contributed by atoms with van der Waals surface area (Å²) in [5.74, 6) is -1.63. The Hall–Kier alpha value is -2.97. The van der Waals surface area contributed by atoms with Crippen LogP contribution in [0.3, 0.4) is 0 Å². The largest absolute Gasteiger partial charge is 0.497 e. The van der Waals surface area contributed by atoms with Crippen molar-refractivity contribution in [3.05, 3.63) is 65.5 Å². The molecule has 7 nitrogen and oxygen atoms in total. The first-order valence-corrected chi connectivity index (χ1v) is 8.07. The molecule has 0 amide bonds. The van der Waals surface area contributed by atoms with Gasteiger partial charge in [-0.3, -0.25) is 9.59 Å². The number of aliphatic carboxylic acids is 2. The van der Waals surface area contributed by atoms with Crippen LogP contribution in [-0.2, 0) is 22.4 Å². The third kappa shape index (κ3) is 8.30. The fraction of sp³-hybridized carbons (Fsp3) is 0.263. The van der Waals surface area contributed by atoms with E-state index in [1.165, 1.54) is 24.3 Å². The predicted molar refractivity (Wildman–Crippen MR) is 98.0 cm³/mol. The zero-order chi connectivity index (χ0) is 20.4. The molecule has 2 aromatic carbocycles. The van der Waals surface area contributed by atoms with Gasteiger partial charge in [0.15, 0.2) is 0 Å². The zero-order valence-corrected chi connectivity index (χ0v) is 14.8. The second kappa shape index (κ2) is 10.9. The van der Waals surface area contributed by atoms with Gasteiger partial charge in [-0.05, 0) is 48.2 Å². The fourth-order valence-corrected chi connectivity index (χ4v) is 2.06. The SMILES string of the molecule is COc1ccc(C[C@H](N)C(=O)O)cc1.N[C@@H](Cc1ccc(F)cc1)C(=O)O. The minimum atomic E-state index is -1.05. The third-order valence-corrected chi connectivity index (χ3v) is 3.62. The Balaban J connectivity index is 0.000000271. The quantitative estimate of drug-likeness (QED) is 0.572. The molecule has 146 valence electrons. The minimum absolute atomic E-state index is 0.218. The number of methoxy groups -OCH3 is 1. The number of carbonyl (C=O) groups is 2. The standard InChI is InChI=1S/C10H13NO3.C9H10FNO2/c1-14-8-4-2-7(3-5-8)6-9(11)10(12)13;10-7-3-1-6(2-4-7)5-8(11)9(12)13/h2-5,9H,6,11H2,1H3,(H,12,13);1-4,8H,5,11H2,(H,12,13)/t9-;8-/m00/s1. The Labute approximate surface area is 156 Å². The highest BCUT2D eigenvalue weighted by atomic mass is 19.1. The molecule has 6 N–H and O–H groups in total. The van der Waals surface area contributed by atoms with Crippen molar-refractivity contribution in [2.45, 2.75) is 24.9 Å². The van der Waals surface area contributed by atoms with E-state index in [0.717, 1.165) is 16.9 Å². The molecule has 8 heteroatoms. The highest BCUT2D eigenvalue weighted by Gasteiger charge is 2.12. The summed E-state index contributed by atoms with van der Waals surface area (Å²) in [7, 11) is 1.58. The number of hydrogen-bond acceptors (Lipinski definition) is 5. The molecular formula is C19H23FN2O5. The Bertz CT molecular complexity index is 735. The molecule has 0 heterocycles. The number of nitrogens with two attached hydrogens (primary N) is 2. The highest BCUT2D eigenvalue weighted by molar-refractivity contribution is 5.73. The molecule has 0 aliphatic rings. The van der Waals surface area contributed by atoms with Crippen LogP contribution in [0.2, 0.25) is 0 Å². The Morgan fingerprint density at radius 2 is 1.26 bits per heavy atom. The van der Waals surface area contributed by atoms with Crippen LogP contribution in [0.5, 0.6) is 5.75 Å².